The van der Waals surface area contributed by atoms with Crippen LogP contribution in [0.25, 0.3) is 11.4 Å². The monoisotopic (exact) mass is 180 g/mol. The lowest BCUT2D eigenvalue weighted by molar-refractivity contribution is 0.714. The maximum absolute atomic E-state index is 3.93. The van der Waals surface area contributed by atoms with E-state index >= 15 is 0 Å². The molecule has 0 amide bonds. The molecule has 4 nitrogen and oxygen atoms in total. The highest BCUT2D eigenvalue weighted by Crippen LogP contribution is 2.24. The molecule has 12 heavy (non-hydrogen) atoms. The highest BCUT2D eigenvalue weighted by atomic mass is 32.1. The van der Waals surface area contributed by atoms with Gasteiger partial charge in [-0.05, 0) is 28.8 Å². The SMILES string of the molecule is Cc1sccc1-c1nnnn1C. The number of tetrazole rings is 1. The highest BCUT2D eigenvalue weighted by Gasteiger charge is 2.08. The van der Waals surface area contributed by atoms with Gasteiger partial charge in [-0.25, -0.2) is 4.68 Å². The number of hydrogen-bond donors (Lipinski definition) is 0. The van der Waals surface area contributed by atoms with Crippen molar-refractivity contribution in [3.05, 3.63) is 16.3 Å². The Morgan fingerprint density at radius 1 is 1.50 bits per heavy atom. The lowest BCUT2D eigenvalue weighted by atomic mass is 10.2. The molecule has 2 aromatic rings. The van der Waals surface area contributed by atoms with Gasteiger partial charge in [0, 0.05) is 17.5 Å². The van der Waals surface area contributed by atoms with Gasteiger partial charge in [0.25, 0.3) is 0 Å². The standard InChI is InChI=1S/C7H8N4S/c1-5-6(3-4-12-5)7-8-9-10-11(7)2/h3-4H,1-2H3. The molecule has 0 unspecified atom stereocenters. The molecule has 0 aromatic carbocycles. The summed E-state index contributed by atoms with van der Waals surface area (Å²) < 4.78 is 1.68. The third-order valence-electron chi connectivity index (χ3n) is 1.72. The van der Waals surface area contributed by atoms with Crippen molar-refractivity contribution in [2.75, 3.05) is 0 Å². The molecule has 62 valence electrons. The average molecular weight is 180 g/mol. The van der Waals surface area contributed by atoms with Gasteiger partial charge < -0.3 is 0 Å². The second-order valence-corrected chi connectivity index (χ2v) is 3.64. The molecule has 0 saturated carbocycles. The van der Waals surface area contributed by atoms with Crippen molar-refractivity contribution >= 4 is 11.3 Å². The first-order valence-electron chi connectivity index (χ1n) is 3.56. The molecule has 0 atom stereocenters. The number of rotatable bonds is 1. The summed E-state index contributed by atoms with van der Waals surface area (Å²) in [6, 6.07) is 2.03. The van der Waals surface area contributed by atoms with Crippen LogP contribution in [-0.2, 0) is 7.05 Å². The van der Waals surface area contributed by atoms with Crippen LogP contribution in [0.15, 0.2) is 11.4 Å². The molecule has 0 aliphatic carbocycles. The second-order valence-electron chi connectivity index (χ2n) is 2.52. The van der Waals surface area contributed by atoms with Gasteiger partial charge in [0.2, 0.25) is 0 Å². The van der Waals surface area contributed by atoms with Crippen molar-refractivity contribution in [1.82, 2.24) is 20.2 Å². The van der Waals surface area contributed by atoms with Crippen LogP contribution in [0, 0.1) is 6.92 Å². The van der Waals surface area contributed by atoms with Crippen LogP contribution < -0.4 is 0 Å². The Balaban J connectivity index is 2.57. The summed E-state index contributed by atoms with van der Waals surface area (Å²) in [5.41, 5.74) is 1.12. The maximum Gasteiger partial charge on any atom is 0.182 e. The zero-order valence-corrected chi connectivity index (χ0v) is 7.67. The molecule has 5 heteroatoms. The maximum atomic E-state index is 3.93. The average Bonchev–Trinajstić information content (AvgIpc) is 2.59. The highest BCUT2D eigenvalue weighted by molar-refractivity contribution is 7.10. The lowest BCUT2D eigenvalue weighted by Crippen LogP contribution is -1.94. The van der Waals surface area contributed by atoms with Crippen molar-refractivity contribution < 1.29 is 0 Å². The van der Waals surface area contributed by atoms with E-state index in [1.807, 2.05) is 18.5 Å². The topological polar surface area (TPSA) is 43.6 Å². The van der Waals surface area contributed by atoms with Crippen molar-refractivity contribution in [2.24, 2.45) is 7.05 Å². The van der Waals surface area contributed by atoms with Crippen LogP contribution in [0.5, 0.6) is 0 Å². The molecule has 2 aromatic heterocycles. The number of aryl methyl sites for hydroxylation is 2. The van der Waals surface area contributed by atoms with Gasteiger partial charge in [0.15, 0.2) is 5.82 Å². The first-order chi connectivity index (χ1) is 5.79. The Kier molecular flexibility index (Phi) is 1.65. The van der Waals surface area contributed by atoms with Gasteiger partial charge in [0.1, 0.15) is 0 Å². The van der Waals surface area contributed by atoms with Gasteiger partial charge in [-0.2, -0.15) is 0 Å². The van der Waals surface area contributed by atoms with Gasteiger partial charge in [0.05, 0.1) is 0 Å². The van der Waals surface area contributed by atoms with Gasteiger partial charge in [-0.1, -0.05) is 0 Å². The van der Waals surface area contributed by atoms with E-state index in [1.165, 1.54) is 4.88 Å². The quantitative estimate of drug-likeness (QED) is 0.663. The minimum absolute atomic E-state index is 0.828. The number of nitrogens with zero attached hydrogens (tertiary/aromatic N) is 4. The van der Waals surface area contributed by atoms with Crippen LogP contribution in [0.2, 0.25) is 0 Å². The van der Waals surface area contributed by atoms with E-state index in [4.69, 9.17) is 0 Å². The van der Waals surface area contributed by atoms with E-state index in [1.54, 1.807) is 16.0 Å². The normalized spacial score (nSPS) is 10.5. The molecule has 0 saturated heterocycles. The Morgan fingerprint density at radius 2 is 2.33 bits per heavy atom. The third-order valence-corrected chi connectivity index (χ3v) is 2.57. The van der Waals surface area contributed by atoms with Crippen LogP contribution in [0.4, 0.5) is 0 Å². The molecule has 0 aliphatic heterocycles. The van der Waals surface area contributed by atoms with Crippen molar-refractivity contribution in [3.8, 4) is 11.4 Å². The predicted molar refractivity (Wildman–Crippen MR) is 46.8 cm³/mol. The first kappa shape index (κ1) is 7.42. The molecule has 0 aliphatic rings. The zero-order valence-electron chi connectivity index (χ0n) is 6.85. The van der Waals surface area contributed by atoms with Crippen molar-refractivity contribution in [3.63, 3.8) is 0 Å². The van der Waals surface area contributed by atoms with Gasteiger partial charge in [-0.15, -0.1) is 16.4 Å². The Bertz CT molecular complexity index is 351. The predicted octanol–water partition coefficient (Wildman–Crippen LogP) is 1.25. The van der Waals surface area contributed by atoms with Crippen molar-refractivity contribution in [2.45, 2.75) is 6.92 Å². The Morgan fingerprint density at radius 3 is 2.83 bits per heavy atom. The van der Waals surface area contributed by atoms with E-state index in [9.17, 15) is 0 Å². The van der Waals surface area contributed by atoms with E-state index in [0.717, 1.165) is 11.4 Å². The zero-order chi connectivity index (χ0) is 8.55. The summed E-state index contributed by atoms with van der Waals surface area (Å²) >= 11 is 1.70. The van der Waals surface area contributed by atoms with Crippen LogP contribution in [-0.4, -0.2) is 20.2 Å². The summed E-state index contributed by atoms with van der Waals surface area (Å²) in [6.45, 7) is 2.06. The Labute approximate surface area is 73.8 Å². The minimum Gasteiger partial charge on any atom is -0.229 e. The van der Waals surface area contributed by atoms with Crippen LogP contribution in [0.1, 0.15) is 4.88 Å². The number of hydrogen-bond acceptors (Lipinski definition) is 4. The van der Waals surface area contributed by atoms with Gasteiger partial charge in [-0.3, -0.25) is 0 Å². The first-order valence-corrected chi connectivity index (χ1v) is 4.44. The summed E-state index contributed by atoms with van der Waals surface area (Å²) in [5, 5.41) is 13.3. The lowest BCUT2D eigenvalue weighted by Gasteiger charge is -1.95. The fourth-order valence-electron chi connectivity index (χ4n) is 1.07. The minimum atomic E-state index is 0.828. The molecule has 0 radical (unpaired) electrons. The smallest absolute Gasteiger partial charge is 0.182 e. The second kappa shape index (κ2) is 2.67. The summed E-state index contributed by atoms with van der Waals surface area (Å²) in [6.07, 6.45) is 0. The summed E-state index contributed by atoms with van der Waals surface area (Å²) in [4.78, 5) is 1.24. The van der Waals surface area contributed by atoms with E-state index < -0.39 is 0 Å². The molecule has 2 heterocycles. The van der Waals surface area contributed by atoms with Gasteiger partial charge >= 0.3 is 0 Å². The molecule has 0 fully saturated rings. The van der Waals surface area contributed by atoms with Crippen molar-refractivity contribution in [1.29, 1.82) is 0 Å². The van der Waals surface area contributed by atoms with Crippen LogP contribution in [0.3, 0.4) is 0 Å². The molecule has 0 N–H and O–H groups in total. The summed E-state index contributed by atoms with van der Waals surface area (Å²) in [5.74, 6) is 0.828. The van der Waals surface area contributed by atoms with E-state index in [2.05, 4.69) is 22.4 Å². The number of aromatic nitrogens is 4. The molecule has 2 rings (SSSR count). The molecular weight excluding hydrogens is 172 g/mol. The van der Waals surface area contributed by atoms with E-state index in [0.29, 0.717) is 0 Å². The van der Waals surface area contributed by atoms with E-state index in [-0.39, 0.29) is 0 Å². The largest absolute Gasteiger partial charge is 0.229 e. The molecule has 0 bridgehead atoms. The fraction of sp³-hybridized carbons (Fsp3) is 0.286. The Hall–Kier alpha value is -1.23. The summed E-state index contributed by atoms with van der Waals surface area (Å²) in [7, 11) is 1.84. The fourth-order valence-corrected chi connectivity index (χ4v) is 1.77. The molecule has 0 spiro atoms. The number of thiophene rings is 1. The molecular formula is C7H8N4S. The van der Waals surface area contributed by atoms with Crippen LogP contribution >= 0.6 is 11.3 Å². The third kappa shape index (κ3) is 1.02.